The van der Waals surface area contributed by atoms with E-state index in [0.717, 1.165) is 0 Å². The Morgan fingerprint density at radius 1 is 0.667 bits per heavy atom. The van der Waals surface area contributed by atoms with E-state index in [-0.39, 0.29) is 45.7 Å². The lowest BCUT2D eigenvalue weighted by Crippen LogP contribution is -2.11. The molecule has 7 N–H and O–H groups in total. The number of fused-ring (bicyclic) bond motifs is 2. The third-order valence-corrected chi connectivity index (χ3v) is 9.75. The number of nitrogens with zero attached hydrogens (tertiary/aromatic N) is 6. The van der Waals surface area contributed by atoms with Gasteiger partial charge in [0.1, 0.15) is 22.0 Å². The van der Waals surface area contributed by atoms with Crippen molar-refractivity contribution < 1.29 is 33.1 Å². The maximum atomic E-state index is 12.6. The lowest BCUT2D eigenvalue weighted by Gasteiger charge is -2.09. The second-order valence-corrected chi connectivity index (χ2v) is 14.2. The monoisotopic (exact) mass is 780 g/mol. The van der Waals surface area contributed by atoms with Gasteiger partial charge in [-0.15, -0.1) is 10.2 Å². The molecule has 0 aromatic heterocycles. The molecular formula is C41H32N8O7S. The van der Waals surface area contributed by atoms with Crippen molar-refractivity contribution in [3.8, 4) is 11.5 Å². The Kier molecular flexibility index (Phi) is 10.5. The van der Waals surface area contributed by atoms with Gasteiger partial charge in [-0.05, 0) is 114 Å². The van der Waals surface area contributed by atoms with E-state index in [1.165, 1.54) is 24.3 Å². The third-order valence-electron chi connectivity index (χ3n) is 8.84. The highest BCUT2D eigenvalue weighted by Crippen LogP contribution is 2.40. The fourth-order valence-corrected chi connectivity index (χ4v) is 6.57. The van der Waals surface area contributed by atoms with Gasteiger partial charge in [-0.3, -0.25) is 9.35 Å². The summed E-state index contributed by atoms with van der Waals surface area (Å²) in [5.74, 6) is -0.671. The molecule has 0 aliphatic heterocycles. The van der Waals surface area contributed by atoms with E-state index < -0.39 is 10.1 Å². The summed E-state index contributed by atoms with van der Waals surface area (Å²) in [4.78, 5) is 12.4. The molecule has 7 aromatic carbocycles. The van der Waals surface area contributed by atoms with Crippen molar-refractivity contribution in [2.75, 3.05) is 11.1 Å². The molecule has 0 unspecified atom stereocenters. The van der Waals surface area contributed by atoms with Gasteiger partial charge < -0.3 is 26.4 Å². The number of rotatable bonds is 10. The molecule has 0 heterocycles. The fraction of sp³-hybridized carbons (Fsp3) is 0.0488. The number of phenolic OH excluding ortho intramolecular Hbond substituents is 2. The molecule has 0 radical (unpaired) electrons. The molecule has 7 aromatic rings. The topological polar surface area (TPSA) is 244 Å². The minimum Gasteiger partial charge on any atom is -0.506 e. The Bertz CT molecular complexity index is 2920. The predicted molar refractivity (Wildman–Crippen MR) is 216 cm³/mol. The number of hydrogen-bond donors (Lipinski definition) is 6. The van der Waals surface area contributed by atoms with Crippen LogP contribution in [-0.2, 0) is 16.7 Å². The first-order valence-electron chi connectivity index (χ1n) is 17.1. The number of amides is 1. The summed E-state index contributed by atoms with van der Waals surface area (Å²) in [7, 11) is -4.46. The quantitative estimate of drug-likeness (QED) is 0.0441. The number of benzene rings is 7. The van der Waals surface area contributed by atoms with E-state index >= 15 is 0 Å². The van der Waals surface area contributed by atoms with Crippen molar-refractivity contribution in [3.63, 3.8) is 0 Å². The number of aliphatic hydroxyl groups is 1. The number of carbonyl (C=O) groups is 1. The molecule has 0 saturated heterocycles. The molecule has 0 bridgehead atoms. The van der Waals surface area contributed by atoms with Crippen molar-refractivity contribution in [1.29, 1.82) is 0 Å². The van der Waals surface area contributed by atoms with Gasteiger partial charge in [-0.25, -0.2) is 0 Å². The smallest absolute Gasteiger partial charge is 0.295 e. The average Bonchev–Trinajstić information content (AvgIpc) is 3.20. The standard InChI is InChI=1S/C41H32N8O7S/c1-23-17-37(49-47-35-15-8-26-18-29(12-14-32(26)40(35)52)43-41(53)25-5-9-28(42)10-6-25)38(51)21-36(23)48-44-30-13-16-34(27(19-30)22-50)46-45-31-11-7-24-3-2-4-39(33(24)20-31)57(54,55)56/h2-21,50-52H,22,42H2,1H3,(H,43,53)(H,54,55,56). The predicted octanol–water partition coefficient (Wildman–Crippen LogP) is 10.5. The molecule has 57 heavy (non-hydrogen) atoms. The normalized spacial score (nSPS) is 12.1. The van der Waals surface area contributed by atoms with E-state index in [1.807, 2.05) is 0 Å². The van der Waals surface area contributed by atoms with E-state index in [4.69, 9.17) is 5.73 Å². The van der Waals surface area contributed by atoms with Crippen LogP contribution in [0.2, 0.25) is 0 Å². The van der Waals surface area contributed by atoms with Gasteiger partial charge >= 0.3 is 0 Å². The van der Waals surface area contributed by atoms with Gasteiger partial charge in [0.25, 0.3) is 16.0 Å². The van der Waals surface area contributed by atoms with E-state index in [0.29, 0.717) is 67.0 Å². The van der Waals surface area contributed by atoms with E-state index in [1.54, 1.807) is 104 Å². The zero-order valence-electron chi connectivity index (χ0n) is 29.9. The first-order valence-corrected chi connectivity index (χ1v) is 18.6. The zero-order chi connectivity index (χ0) is 40.3. The summed E-state index contributed by atoms with van der Waals surface area (Å²) in [5, 5.41) is 61.8. The summed E-state index contributed by atoms with van der Waals surface area (Å²) in [5.41, 5.74) is 9.92. The van der Waals surface area contributed by atoms with Gasteiger partial charge in [0.2, 0.25) is 0 Å². The minimum atomic E-state index is -4.46. The SMILES string of the molecule is Cc1cc(N=Nc2ccc3cc(NC(=O)c4ccc(N)cc4)ccc3c2O)c(O)cc1N=Nc1ccc(N=Nc2ccc3cccc(S(=O)(=O)O)c3c2)c(CO)c1. The number of phenols is 2. The molecular weight excluding hydrogens is 749 g/mol. The molecule has 16 heteroatoms. The molecule has 0 saturated carbocycles. The van der Waals surface area contributed by atoms with Crippen LogP contribution in [0.1, 0.15) is 21.5 Å². The van der Waals surface area contributed by atoms with Crippen LogP contribution in [0.5, 0.6) is 11.5 Å². The first kappa shape index (κ1) is 37.9. The van der Waals surface area contributed by atoms with Crippen molar-refractivity contribution in [3.05, 3.63) is 138 Å². The van der Waals surface area contributed by atoms with Crippen LogP contribution in [0.4, 0.5) is 45.5 Å². The van der Waals surface area contributed by atoms with Crippen molar-refractivity contribution in [1.82, 2.24) is 0 Å². The number of aryl methyl sites for hydroxylation is 1. The molecule has 0 spiro atoms. The van der Waals surface area contributed by atoms with Crippen LogP contribution in [0.3, 0.4) is 0 Å². The first-order chi connectivity index (χ1) is 27.4. The second kappa shape index (κ2) is 15.8. The van der Waals surface area contributed by atoms with Gasteiger partial charge in [-0.1, -0.05) is 24.3 Å². The Morgan fingerprint density at radius 3 is 2.09 bits per heavy atom. The van der Waals surface area contributed by atoms with Crippen molar-refractivity contribution in [2.45, 2.75) is 18.4 Å². The molecule has 1 amide bonds. The minimum absolute atomic E-state index is 0.129. The molecule has 7 rings (SSSR count). The average molecular weight is 781 g/mol. The summed E-state index contributed by atoms with van der Waals surface area (Å²) in [6.45, 7) is 1.36. The maximum Gasteiger partial charge on any atom is 0.295 e. The number of nitrogens with one attached hydrogen (secondary N) is 1. The Balaban J connectivity index is 1.04. The molecule has 0 fully saturated rings. The van der Waals surface area contributed by atoms with Crippen LogP contribution < -0.4 is 11.1 Å². The number of nitrogen functional groups attached to an aromatic ring is 1. The number of anilines is 2. The largest absolute Gasteiger partial charge is 0.506 e. The van der Waals surface area contributed by atoms with Crippen molar-refractivity contribution in [2.24, 2.45) is 30.7 Å². The number of hydrogen-bond acceptors (Lipinski definition) is 13. The lowest BCUT2D eigenvalue weighted by atomic mass is 10.1. The van der Waals surface area contributed by atoms with Gasteiger partial charge in [0.05, 0.1) is 29.4 Å². The van der Waals surface area contributed by atoms with E-state index in [2.05, 4.69) is 36.0 Å². The third kappa shape index (κ3) is 8.47. The fourth-order valence-electron chi connectivity index (χ4n) is 5.86. The van der Waals surface area contributed by atoms with Crippen LogP contribution in [-0.4, -0.2) is 34.2 Å². The number of aromatic hydroxyl groups is 2. The van der Waals surface area contributed by atoms with Crippen LogP contribution in [0.25, 0.3) is 21.5 Å². The number of nitrogens with two attached hydrogens (primary N) is 1. The lowest BCUT2D eigenvalue weighted by molar-refractivity contribution is 0.102. The van der Waals surface area contributed by atoms with Crippen LogP contribution in [0.15, 0.2) is 157 Å². The number of azo groups is 3. The molecule has 0 aliphatic carbocycles. The highest BCUT2D eigenvalue weighted by atomic mass is 32.2. The van der Waals surface area contributed by atoms with Crippen molar-refractivity contribution >= 4 is 83.1 Å². The van der Waals surface area contributed by atoms with Gasteiger partial charge in [0, 0.05) is 39.3 Å². The summed E-state index contributed by atoms with van der Waals surface area (Å²) >= 11 is 0. The summed E-state index contributed by atoms with van der Waals surface area (Å²) in [6.07, 6.45) is 0. The van der Waals surface area contributed by atoms with Gasteiger partial charge in [-0.2, -0.15) is 28.9 Å². The summed E-state index contributed by atoms with van der Waals surface area (Å²) < 4.78 is 33.3. The maximum absolute atomic E-state index is 12.6. The molecule has 0 aliphatic rings. The number of aliphatic hydroxyl groups excluding tert-OH is 1. The van der Waals surface area contributed by atoms with Gasteiger partial charge in [0.15, 0.2) is 5.75 Å². The van der Waals surface area contributed by atoms with Crippen LogP contribution >= 0.6 is 0 Å². The highest BCUT2D eigenvalue weighted by Gasteiger charge is 2.15. The molecule has 15 nitrogen and oxygen atoms in total. The second-order valence-electron chi connectivity index (χ2n) is 12.8. The Labute approximate surface area is 325 Å². The Morgan fingerprint density at radius 2 is 1.33 bits per heavy atom. The number of carbonyl (C=O) groups excluding carboxylic acids is 1. The molecule has 0 atom stereocenters. The highest BCUT2D eigenvalue weighted by molar-refractivity contribution is 7.86. The zero-order valence-corrected chi connectivity index (χ0v) is 30.8. The summed E-state index contributed by atoms with van der Waals surface area (Å²) in [6, 6.07) is 31.9. The van der Waals surface area contributed by atoms with Crippen LogP contribution in [0, 0.1) is 6.92 Å². The van der Waals surface area contributed by atoms with E-state index in [9.17, 15) is 33.1 Å². The Hall–Kier alpha value is -7.40. The molecule has 284 valence electrons.